The molecule has 3 rings (SSSR count). The predicted octanol–water partition coefficient (Wildman–Crippen LogP) is 6.02. The van der Waals surface area contributed by atoms with Gasteiger partial charge in [-0.3, -0.25) is 0 Å². The van der Waals surface area contributed by atoms with Gasteiger partial charge in [-0.25, -0.2) is 4.98 Å². The lowest BCUT2D eigenvalue weighted by atomic mass is 9.81. The molecular formula is C20H19Cl2N3O. The Balaban J connectivity index is 2.02. The fourth-order valence-corrected chi connectivity index (χ4v) is 3.46. The quantitative estimate of drug-likeness (QED) is 0.616. The number of rotatable bonds is 6. The molecule has 4 nitrogen and oxygen atoms in total. The van der Waals surface area contributed by atoms with Gasteiger partial charge in [-0.2, -0.15) is 0 Å². The van der Waals surface area contributed by atoms with Crippen LogP contribution in [0.2, 0.25) is 5.02 Å². The van der Waals surface area contributed by atoms with E-state index >= 15 is 0 Å². The predicted molar refractivity (Wildman–Crippen MR) is 108 cm³/mol. The van der Waals surface area contributed by atoms with Crippen molar-refractivity contribution >= 4 is 29.0 Å². The van der Waals surface area contributed by atoms with Crippen molar-refractivity contribution < 1.29 is 0 Å². The minimum atomic E-state index is -1.03. The van der Waals surface area contributed by atoms with Crippen molar-refractivity contribution in [3.8, 4) is 0 Å². The van der Waals surface area contributed by atoms with Crippen LogP contribution in [0.15, 0.2) is 71.0 Å². The van der Waals surface area contributed by atoms with E-state index in [-0.39, 0.29) is 6.04 Å². The highest BCUT2D eigenvalue weighted by molar-refractivity contribution is 6.31. The summed E-state index contributed by atoms with van der Waals surface area (Å²) in [6.45, 7) is 1.94. The molecule has 0 aliphatic heterocycles. The zero-order valence-corrected chi connectivity index (χ0v) is 15.8. The number of hydrogen-bond donors (Lipinski definition) is 1. The number of aromatic nitrogens is 1. The molecule has 2 atom stereocenters. The highest BCUT2D eigenvalue weighted by Gasteiger charge is 2.37. The highest BCUT2D eigenvalue weighted by Crippen LogP contribution is 2.40. The van der Waals surface area contributed by atoms with Gasteiger partial charge in [-0.15, -0.1) is 4.91 Å². The van der Waals surface area contributed by atoms with Crippen molar-refractivity contribution in [2.45, 2.75) is 31.3 Å². The number of benzene rings is 1. The second kappa shape index (κ2) is 8.02. The number of anilines is 1. The van der Waals surface area contributed by atoms with Crippen LogP contribution in [0.1, 0.15) is 30.9 Å². The lowest BCUT2D eigenvalue weighted by molar-refractivity contribution is 0.517. The molecular weight excluding hydrogens is 369 g/mol. The minimum Gasteiger partial charge on any atom is -0.363 e. The van der Waals surface area contributed by atoms with Crippen LogP contribution in [0, 0.1) is 4.91 Å². The lowest BCUT2D eigenvalue weighted by Gasteiger charge is -2.29. The van der Waals surface area contributed by atoms with E-state index < -0.39 is 5.54 Å². The first-order valence-electron chi connectivity index (χ1n) is 8.45. The molecule has 0 saturated heterocycles. The molecule has 1 aromatic heterocycles. The van der Waals surface area contributed by atoms with Crippen LogP contribution >= 0.6 is 23.2 Å². The van der Waals surface area contributed by atoms with Crippen molar-refractivity contribution in [3.63, 3.8) is 0 Å². The van der Waals surface area contributed by atoms with Crippen molar-refractivity contribution in [1.29, 1.82) is 0 Å². The second-order valence-corrected chi connectivity index (χ2v) is 7.02. The standard InChI is InChI=1S/C20H19Cl2N3O/c1-2-20(25-26,14-5-7-15(21)8-6-14)18-4-3-13-23-19(18)24-17-11-9-16(22)10-12-17/h3-11,13,17H,2,12H2,1H3,(H,23,24). The number of nitrogens with one attached hydrogen (secondary N) is 1. The van der Waals surface area contributed by atoms with Gasteiger partial charge in [0.15, 0.2) is 5.54 Å². The Labute approximate surface area is 162 Å². The molecule has 134 valence electrons. The van der Waals surface area contributed by atoms with Crippen LogP contribution in [0.4, 0.5) is 5.82 Å². The Kier molecular flexibility index (Phi) is 5.74. The molecule has 0 saturated carbocycles. The van der Waals surface area contributed by atoms with E-state index in [0.717, 1.165) is 22.6 Å². The van der Waals surface area contributed by atoms with Crippen molar-refractivity contribution in [2.75, 3.05) is 5.32 Å². The third-order valence-corrected chi connectivity index (χ3v) is 5.15. The molecule has 1 aliphatic rings. The summed E-state index contributed by atoms with van der Waals surface area (Å²) in [4.78, 5) is 16.5. The van der Waals surface area contributed by atoms with Gasteiger partial charge in [-0.05, 0) is 42.7 Å². The fourth-order valence-electron chi connectivity index (χ4n) is 3.17. The van der Waals surface area contributed by atoms with Crippen LogP contribution < -0.4 is 5.32 Å². The largest absolute Gasteiger partial charge is 0.363 e. The van der Waals surface area contributed by atoms with Crippen LogP contribution in [0.5, 0.6) is 0 Å². The third-order valence-electron chi connectivity index (χ3n) is 4.62. The van der Waals surface area contributed by atoms with E-state index in [9.17, 15) is 4.91 Å². The van der Waals surface area contributed by atoms with Gasteiger partial charge in [0.2, 0.25) is 0 Å². The summed E-state index contributed by atoms with van der Waals surface area (Å²) in [7, 11) is 0. The number of nitroso groups, excluding NO2 is 1. The molecule has 0 bridgehead atoms. The van der Waals surface area contributed by atoms with E-state index in [4.69, 9.17) is 23.2 Å². The molecule has 1 N–H and O–H groups in total. The average molecular weight is 388 g/mol. The molecule has 6 heteroatoms. The smallest absolute Gasteiger partial charge is 0.156 e. The normalized spacial score (nSPS) is 18.7. The van der Waals surface area contributed by atoms with Crippen LogP contribution in [-0.2, 0) is 5.54 Å². The minimum absolute atomic E-state index is 0.0533. The Bertz CT molecular complexity index is 848. The zero-order chi connectivity index (χ0) is 18.6. The molecule has 0 radical (unpaired) electrons. The number of hydrogen-bond acceptors (Lipinski definition) is 4. The molecule has 1 aromatic carbocycles. The Morgan fingerprint density at radius 2 is 2.04 bits per heavy atom. The molecule has 0 fully saturated rings. The molecule has 0 spiro atoms. The summed E-state index contributed by atoms with van der Waals surface area (Å²) in [6.07, 6.45) is 8.76. The monoisotopic (exact) mass is 387 g/mol. The van der Waals surface area contributed by atoms with E-state index in [1.165, 1.54) is 0 Å². The van der Waals surface area contributed by atoms with Gasteiger partial charge >= 0.3 is 0 Å². The van der Waals surface area contributed by atoms with Gasteiger partial charge in [0.05, 0.1) is 0 Å². The SMILES string of the molecule is CCC(N=O)(c1ccc(Cl)cc1)c1cccnc1NC1C=CC(Cl)=CC1. The number of halogens is 2. The van der Waals surface area contributed by atoms with E-state index in [1.54, 1.807) is 18.3 Å². The van der Waals surface area contributed by atoms with E-state index in [0.29, 0.717) is 17.3 Å². The lowest BCUT2D eigenvalue weighted by Crippen LogP contribution is -2.28. The van der Waals surface area contributed by atoms with Gasteiger partial charge in [0, 0.05) is 27.9 Å². The topological polar surface area (TPSA) is 54.4 Å². The zero-order valence-electron chi connectivity index (χ0n) is 14.3. The van der Waals surface area contributed by atoms with Crippen molar-refractivity contribution in [2.24, 2.45) is 5.18 Å². The summed E-state index contributed by atoms with van der Waals surface area (Å²) in [6, 6.07) is 11.0. The van der Waals surface area contributed by atoms with Gasteiger partial charge in [-0.1, -0.05) is 65.7 Å². The van der Waals surface area contributed by atoms with Gasteiger partial charge in [0.25, 0.3) is 0 Å². The van der Waals surface area contributed by atoms with Crippen molar-refractivity contribution in [1.82, 2.24) is 4.98 Å². The molecule has 2 unspecified atom stereocenters. The average Bonchev–Trinajstić information content (AvgIpc) is 2.67. The molecule has 1 heterocycles. The Morgan fingerprint density at radius 3 is 2.65 bits per heavy atom. The number of allylic oxidation sites excluding steroid dienone is 2. The van der Waals surface area contributed by atoms with E-state index in [1.807, 2.05) is 49.4 Å². The van der Waals surface area contributed by atoms with Gasteiger partial charge in [0.1, 0.15) is 5.82 Å². The van der Waals surface area contributed by atoms with Crippen LogP contribution in [0.3, 0.4) is 0 Å². The third kappa shape index (κ3) is 3.67. The maximum atomic E-state index is 12.1. The molecule has 1 aliphatic carbocycles. The molecule has 2 aromatic rings. The Hall–Kier alpha value is -2.17. The first kappa shape index (κ1) is 18.6. The summed E-state index contributed by atoms with van der Waals surface area (Å²) in [5.41, 5.74) is 0.499. The first-order chi connectivity index (χ1) is 12.6. The Morgan fingerprint density at radius 1 is 1.27 bits per heavy atom. The first-order valence-corrected chi connectivity index (χ1v) is 9.21. The van der Waals surface area contributed by atoms with Crippen molar-refractivity contribution in [3.05, 3.63) is 86.9 Å². The van der Waals surface area contributed by atoms with E-state index in [2.05, 4.69) is 15.5 Å². The second-order valence-electron chi connectivity index (χ2n) is 6.15. The number of pyridine rings is 1. The van der Waals surface area contributed by atoms with Crippen LogP contribution in [-0.4, -0.2) is 11.0 Å². The summed E-state index contributed by atoms with van der Waals surface area (Å²) < 4.78 is 0. The fraction of sp³-hybridized carbons (Fsp3) is 0.250. The number of nitrogens with zero attached hydrogens (tertiary/aromatic N) is 2. The highest BCUT2D eigenvalue weighted by atomic mass is 35.5. The van der Waals surface area contributed by atoms with Crippen LogP contribution in [0.25, 0.3) is 0 Å². The van der Waals surface area contributed by atoms with Gasteiger partial charge < -0.3 is 5.32 Å². The maximum absolute atomic E-state index is 12.1. The molecule has 26 heavy (non-hydrogen) atoms. The molecule has 0 amide bonds. The maximum Gasteiger partial charge on any atom is 0.156 e. The summed E-state index contributed by atoms with van der Waals surface area (Å²) >= 11 is 12.0. The summed E-state index contributed by atoms with van der Waals surface area (Å²) in [5.74, 6) is 0.643. The summed E-state index contributed by atoms with van der Waals surface area (Å²) in [5, 5.41) is 8.29.